The van der Waals surface area contributed by atoms with Gasteiger partial charge in [0.15, 0.2) is 11.7 Å². The summed E-state index contributed by atoms with van der Waals surface area (Å²) in [6.45, 7) is 4.00. The molecule has 0 aliphatic heterocycles. The SMILES string of the molecule is CC#Cc1ccc(-c2ccc(C(=O)[C@H]3CC[C@@H]([C@H](Cc4cc(O)cc(NC[C@H](C)O)c4)NC(N)=NC4CCCCC4)CC34CCCC4)s2)s1. The number of carbonyl (C=O) groups excluding carboxylic acids is 1. The Kier molecular flexibility index (Phi) is 11.7. The van der Waals surface area contributed by atoms with Crippen molar-refractivity contribution in [3.8, 4) is 27.3 Å². The molecular formula is C40H52N4O3S2. The number of aliphatic hydroxyl groups is 1. The molecule has 3 aliphatic carbocycles. The van der Waals surface area contributed by atoms with Crippen LogP contribution in [-0.2, 0) is 6.42 Å². The fraction of sp³-hybridized carbons (Fsp3) is 0.550. The van der Waals surface area contributed by atoms with Crippen LogP contribution >= 0.6 is 22.7 Å². The van der Waals surface area contributed by atoms with Crippen molar-refractivity contribution in [2.24, 2.45) is 28.0 Å². The molecule has 3 aromatic rings. The van der Waals surface area contributed by atoms with Gasteiger partial charge in [0.05, 0.1) is 21.9 Å². The van der Waals surface area contributed by atoms with E-state index in [9.17, 15) is 15.0 Å². The lowest BCUT2D eigenvalue weighted by molar-refractivity contribution is 0.0411. The van der Waals surface area contributed by atoms with E-state index in [0.717, 1.165) is 83.7 Å². The van der Waals surface area contributed by atoms with Gasteiger partial charge in [-0.25, -0.2) is 0 Å². The maximum absolute atomic E-state index is 14.3. The quantitative estimate of drug-likeness (QED) is 0.0594. The van der Waals surface area contributed by atoms with E-state index in [1.54, 1.807) is 35.7 Å². The van der Waals surface area contributed by atoms with Crippen LogP contribution in [0.4, 0.5) is 5.69 Å². The lowest BCUT2D eigenvalue weighted by Gasteiger charge is -2.46. The van der Waals surface area contributed by atoms with Crippen LogP contribution in [0.1, 0.15) is 111 Å². The van der Waals surface area contributed by atoms with Gasteiger partial charge in [0.25, 0.3) is 0 Å². The van der Waals surface area contributed by atoms with Crippen molar-refractivity contribution in [3.05, 3.63) is 57.8 Å². The van der Waals surface area contributed by atoms with Crippen LogP contribution in [0, 0.1) is 29.1 Å². The van der Waals surface area contributed by atoms with Crippen LogP contribution in [0.3, 0.4) is 0 Å². The van der Waals surface area contributed by atoms with E-state index in [2.05, 4.69) is 46.7 Å². The molecule has 3 aliphatic rings. The molecule has 3 saturated carbocycles. The van der Waals surface area contributed by atoms with Gasteiger partial charge in [-0.1, -0.05) is 38.0 Å². The van der Waals surface area contributed by atoms with Gasteiger partial charge in [-0.3, -0.25) is 9.79 Å². The molecule has 2 aromatic heterocycles. The second-order valence-corrected chi connectivity index (χ2v) is 16.8. The molecule has 49 heavy (non-hydrogen) atoms. The van der Waals surface area contributed by atoms with E-state index in [1.807, 2.05) is 19.1 Å². The third-order valence-electron chi connectivity index (χ3n) is 10.9. The van der Waals surface area contributed by atoms with Gasteiger partial charge < -0.3 is 26.6 Å². The van der Waals surface area contributed by atoms with Crippen LogP contribution in [0.15, 0.2) is 47.5 Å². The summed E-state index contributed by atoms with van der Waals surface area (Å²) in [4.78, 5) is 23.5. The number of phenols is 1. The number of thiophene rings is 2. The predicted molar refractivity (Wildman–Crippen MR) is 204 cm³/mol. The van der Waals surface area contributed by atoms with Crippen molar-refractivity contribution in [3.63, 3.8) is 0 Å². The standard InChI is InChI=1S/C40H52N4O3S2/c1-3-9-32-13-15-35(48-32)36-16-17-37(49-36)38(47)33-14-12-28(24-40(33)18-7-8-19-40)34(44-39(41)43-29-10-5-4-6-11-29)22-27-20-30(23-31(46)21-27)42-25-26(2)45/h13,15-17,20-21,23,26,28-29,33-34,42,45-46H,4-8,10-12,14,18-19,22,24-25H2,1-2H3,(H3,41,43,44)/t26-,28+,33+,34-/m0/s1. The van der Waals surface area contributed by atoms with E-state index in [4.69, 9.17) is 10.7 Å². The molecule has 7 nitrogen and oxygen atoms in total. The molecule has 9 heteroatoms. The number of ketones is 1. The minimum Gasteiger partial charge on any atom is -0.508 e. The molecule has 0 bridgehead atoms. The third-order valence-corrected chi connectivity index (χ3v) is 13.2. The Bertz CT molecular complexity index is 1670. The van der Waals surface area contributed by atoms with Crippen LogP contribution < -0.4 is 16.4 Å². The number of carbonyl (C=O) groups is 1. The number of aliphatic imine (C=N–C) groups is 1. The maximum Gasteiger partial charge on any atom is 0.189 e. The number of Topliss-reactive ketones (excluding diaryl/α,β-unsaturated/α-hetero) is 1. The van der Waals surface area contributed by atoms with Gasteiger partial charge in [0.1, 0.15) is 5.75 Å². The molecule has 0 saturated heterocycles. The summed E-state index contributed by atoms with van der Waals surface area (Å²) in [6, 6.07) is 14.2. The van der Waals surface area contributed by atoms with Gasteiger partial charge in [-0.05, 0) is 119 Å². The average Bonchev–Trinajstić information content (AvgIpc) is 3.86. The van der Waals surface area contributed by atoms with Crippen molar-refractivity contribution in [2.75, 3.05) is 11.9 Å². The summed E-state index contributed by atoms with van der Waals surface area (Å²) >= 11 is 3.31. The number of nitrogens with two attached hydrogens (primary N) is 1. The highest BCUT2D eigenvalue weighted by Gasteiger charge is 2.50. The molecule has 0 amide bonds. The number of hydrogen-bond donors (Lipinski definition) is 5. The predicted octanol–water partition coefficient (Wildman–Crippen LogP) is 8.35. The van der Waals surface area contributed by atoms with Gasteiger partial charge in [0, 0.05) is 40.0 Å². The highest BCUT2D eigenvalue weighted by Crippen LogP contribution is 2.56. The van der Waals surface area contributed by atoms with Crippen LogP contribution in [-0.4, -0.2) is 46.7 Å². The topological polar surface area (TPSA) is 120 Å². The van der Waals surface area contributed by atoms with Crippen molar-refractivity contribution >= 4 is 40.1 Å². The van der Waals surface area contributed by atoms with Crippen molar-refractivity contribution in [2.45, 2.75) is 116 Å². The number of nitrogens with one attached hydrogen (secondary N) is 2. The minimum absolute atomic E-state index is 0.0138. The Hall–Kier alpha value is -3.32. The Balaban J connectivity index is 1.23. The molecular weight excluding hydrogens is 649 g/mol. The molecule has 1 spiro atoms. The van der Waals surface area contributed by atoms with Crippen LogP contribution in [0.2, 0.25) is 0 Å². The minimum atomic E-state index is -0.499. The monoisotopic (exact) mass is 700 g/mol. The molecule has 0 radical (unpaired) electrons. The van der Waals surface area contributed by atoms with E-state index in [0.29, 0.717) is 30.6 Å². The molecule has 6 rings (SSSR count). The number of phenolic OH excluding ortho intramolecular Hbond substituents is 1. The first-order chi connectivity index (χ1) is 23.7. The Morgan fingerprint density at radius 1 is 1.02 bits per heavy atom. The molecule has 4 atom stereocenters. The summed E-state index contributed by atoms with van der Waals surface area (Å²) < 4.78 is 0. The number of rotatable bonds is 11. The highest BCUT2D eigenvalue weighted by molar-refractivity contribution is 7.23. The third kappa shape index (κ3) is 8.89. The summed E-state index contributed by atoms with van der Waals surface area (Å²) in [5, 5.41) is 27.4. The summed E-state index contributed by atoms with van der Waals surface area (Å²) in [7, 11) is 0. The first-order valence-electron chi connectivity index (χ1n) is 18.2. The number of nitrogens with zero attached hydrogens (tertiary/aromatic N) is 1. The molecule has 262 valence electrons. The average molecular weight is 701 g/mol. The molecule has 2 heterocycles. The maximum atomic E-state index is 14.3. The summed E-state index contributed by atoms with van der Waals surface area (Å²) in [5.41, 5.74) is 8.43. The van der Waals surface area contributed by atoms with Gasteiger partial charge in [0.2, 0.25) is 0 Å². The summed E-state index contributed by atoms with van der Waals surface area (Å²) in [6.07, 6.45) is 13.3. The number of aromatic hydroxyl groups is 1. The zero-order valence-corrected chi connectivity index (χ0v) is 30.6. The number of hydrogen-bond acceptors (Lipinski definition) is 7. The first kappa shape index (κ1) is 35.5. The zero-order chi connectivity index (χ0) is 34.4. The zero-order valence-electron chi connectivity index (χ0n) is 29.0. The van der Waals surface area contributed by atoms with Crippen molar-refractivity contribution in [1.29, 1.82) is 0 Å². The second kappa shape index (κ2) is 16.1. The van der Waals surface area contributed by atoms with Gasteiger partial charge in [-0.2, -0.15) is 0 Å². The molecule has 3 fully saturated rings. The fourth-order valence-electron chi connectivity index (χ4n) is 8.66. The lowest BCUT2D eigenvalue weighted by Crippen LogP contribution is -2.50. The van der Waals surface area contributed by atoms with Crippen molar-refractivity contribution < 1.29 is 15.0 Å². The molecule has 1 aromatic carbocycles. The van der Waals surface area contributed by atoms with Gasteiger partial charge in [-0.15, -0.1) is 28.6 Å². The van der Waals surface area contributed by atoms with E-state index >= 15 is 0 Å². The lowest BCUT2D eigenvalue weighted by atomic mass is 9.59. The Labute approximate surface area is 299 Å². The van der Waals surface area contributed by atoms with Crippen molar-refractivity contribution in [1.82, 2.24) is 5.32 Å². The van der Waals surface area contributed by atoms with E-state index < -0.39 is 6.10 Å². The van der Waals surface area contributed by atoms with Gasteiger partial charge >= 0.3 is 0 Å². The van der Waals surface area contributed by atoms with E-state index in [-0.39, 0.29) is 29.2 Å². The van der Waals surface area contributed by atoms with Crippen LogP contribution in [0.25, 0.3) is 9.75 Å². The molecule has 0 unspecified atom stereocenters. The normalized spacial score (nSPS) is 22.3. The molecule has 6 N–H and O–H groups in total. The number of guanidine groups is 1. The van der Waals surface area contributed by atoms with E-state index in [1.165, 1.54) is 24.1 Å². The number of anilines is 1. The summed E-state index contributed by atoms with van der Waals surface area (Å²) in [5.74, 6) is 7.47. The Morgan fingerprint density at radius 2 is 1.78 bits per heavy atom. The highest BCUT2D eigenvalue weighted by atomic mass is 32.1. The Morgan fingerprint density at radius 3 is 2.53 bits per heavy atom. The number of benzene rings is 1. The largest absolute Gasteiger partial charge is 0.508 e. The van der Waals surface area contributed by atoms with Crippen LogP contribution in [0.5, 0.6) is 5.75 Å². The number of aliphatic hydroxyl groups excluding tert-OH is 1. The second-order valence-electron chi connectivity index (χ2n) is 14.6. The first-order valence-corrected chi connectivity index (χ1v) is 19.9. The fourth-order valence-corrected chi connectivity index (χ4v) is 10.7. The smallest absolute Gasteiger partial charge is 0.189 e.